The van der Waals surface area contributed by atoms with E-state index in [4.69, 9.17) is 10.6 Å². The highest BCUT2D eigenvalue weighted by molar-refractivity contribution is 5.37. The standard InChI is InChI=1S/C12H13FN4O/c1-2-8-5-3-4-6-10(8)18-11-9(13)7-15-12(16-11)17-14/h3-7H,2,14H2,1H3,(H,15,16,17). The molecule has 0 spiro atoms. The van der Waals surface area contributed by atoms with Crippen molar-refractivity contribution in [1.29, 1.82) is 0 Å². The van der Waals surface area contributed by atoms with Crippen LogP contribution in [0.1, 0.15) is 12.5 Å². The number of benzene rings is 1. The van der Waals surface area contributed by atoms with Gasteiger partial charge >= 0.3 is 0 Å². The monoisotopic (exact) mass is 248 g/mol. The van der Waals surface area contributed by atoms with Crippen molar-refractivity contribution in [3.05, 3.63) is 41.8 Å². The summed E-state index contributed by atoms with van der Waals surface area (Å²) < 4.78 is 19.0. The Balaban J connectivity index is 2.33. The van der Waals surface area contributed by atoms with E-state index in [1.165, 1.54) is 0 Å². The van der Waals surface area contributed by atoms with E-state index in [0.717, 1.165) is 18.2 Å². The summed E-state index contributed by atoms with van der Waals surface area (Å²) in [7, 11) is 0. The molecule has 0 unspecified atom stereocenters. The van der Waals surface area contributed by atoms with Gasteiger partial charge in [0.2, 0.25) is 11.8 Å². The topological polar surface area (TPSA) is 73.1 Å². The molecule has 1 aromatic heterocycles. The number of aryl methyl sites for hydroxylation is 1. The second-order valence-corrected chi connectivity index (χ2v) is 3.55. The van der Waals surface area contributed by atoms with Crippen LogP contribution in [0.5, 0.6) is 11.6 Å². The van der Waals surface area contributed by atoms with Crippen molar-refractivity contribution in [2.45, 2.75) is 13.3 Å². The molecule has 0 aliphatic rings. The van der Waals surface area contributed by atoms with Crippen LogP contribution in [-0.4, -0.2) is 9.97 Å². The van der Waals surface area contributed by atoms with Crippen LogP contribution in [0.2, 0.25) is 0 Å². The molecule has 1 heterocycles. The number of nitrogens with zero attached hydrogens (tertiary/aromatic N) is 2. The molecule has 0 fully saturated rings. The fourth-order valence-corrected chi connectivity index (χ4v) is 1.49. The Kier molecular flexibility index (Phi) is 3.69. The summed E-state index contributed by atoms with van der Waals surface area (Å²) in [6.07, 6.45) is 1.79. The summed E-state index contributed by atoms with van der Waals surface area (Å²) in [6, 6.07) is 7.39. The van der Waals surface area contributed by atoms with Gasteiger partial charge in [-0.2, -0.15) is 9.37 Å². The number of anilines is 1. The third kappa shape index (κ3) is 2.54. The van der Waals surface area contributed by atoms with Gasteiger partial charge in [0.15, 0.2) is 0 Å². The normalized spacial score (nSPS) is 10.2. The maximum atomic E-state index is 13.5. The summed E-state index contributed by atoms with van der Waals surface area (Å²) >= 11 is 0. The number of hydrogen-bond acceptors (Lipinski definition) is 5. The molecular formula is C12H13FN4O. The number of nitrogens with one attached hydrogen (secondary N) is 1. The average molecular weight is 248 g/mol. The number of halogens is 1. The summed E-state index contributed by atoms with van der Waals surface area (Å²) in [5, 5.41) is 0. The minimum Gasteiger partial charge on any atom is -0.436 e. The molecule has 1 aromatic carbocycles. The van der Waals surface area contributed by atoms with Crippen molar-refractivity contribution in [2.24, 2.45) is 5.84 Å². The lowest BCUT2D eigenvalue weighted by Crippen LogP contribution is -2.11. The molecule has 0 aliphatic carbocycles. The van der Waals surface area contributed by atoms with Crippen molar-refractivity contribution >= 4 is 5.95 Å². The van der Waals surface area contributed by atoms with Gasteiger partial charge < -0.3 is 4.74 Å². The van der Waals surface area contributed by atoms with E-state index in [0.29, 0.717) is 5.75 Å². The SMILES string of the molecule is CCc1ccccc1Oc1nc(NN)ncc1F. The Hall–Kier alpha value is -2.21. The first-order valence-electron chi connectivity index (χ1n) is 5.49. The number of hydrogen-bond donors (Lipinski definition) is 2. The van der Waals surface area contributed by atoms with Crippen molar-refractivity contribution in [2.75, 3.05) is 5.43 Å². The molecule has 0 radical (unpaired) electrons. The van der Waals surface area contributed by atoms with Gasteiger partial charge in [-0.1, -0.05) is 25.1 Å². The third-order valence-corrected chi connectivity index (χ3v) is 2.40. The van der Waals surface area contributed by atoms with Gasteiger partial charge in [0.25, 0.3) is 5.88 Å². The van der Waals surface area contributed by atoms with E-state index in [1.807, 2.05) is 25.1 Å². The number of para-hydroxylation sites is 1. The summed E-state index contributed by atoms with van der Waals surface area (Å²) in [5.41, 5.74) is 3.21. The lowest BCUT2D eigenvalue weighted by atomic mass is 10.1. The quantitative estimate of drug-likeness (QED) is 0.641. The highest BCUT2D eigenvalue weighted by atomic mass is 19.1. The lowest BCUT2D eigenvalue weighted by Gasteiger charge is -2.10. The smallest absolute Gasteiger partial charge is 0.260 e. The molecule has 0 saturated heterocycles. The minimum atomic E-state index is -0.639. The van der Waals surface area contributed by atoms with Gasteiger partial charge in [0.05, 0.1) is 6.20 Å². The molecule has 0 atom stereocenters. The van der Waals surface area contributed by atoms with Gasteiger partial charge in [-0.15, -0.1) is 0 Å². The van der Waals surface area contributed by atoms with E-state index < -0.39 is 5.82 Å². The number of rotatable bonds is 4. The fraction of sp³-hybridized carbons (Fsp3) is 0.167. The number of ether oxygens (including phenoxy) is 1. The number of hydrazine groups is 1. The van der Waals surface area contributed by atoms with Gasteiger partial charge in [0, 0.05) is 0 Å². The Labute approximate surface area is 104 Å². The molecule has 5 nitrogen and oxygen atoms in total. The first-order chi connectivity index (χ1) is 8.74. The van der Waals surface area contributed by atoms with E-state index in [9.17, 15) is 4.39 Å². The van der Waals surface area contributed by atoms with Crippen molar-refractivity contribution in [3.63, 3.8) is 0 Å². The van der Waals surface area contributed by atoms with Crippen LogP contribution in [0.25, 0.3) is 0 Å². The summed E-state index contributed by atoms with van der Waals surface area (Å²) in [6.45, 7) is 1.99. The Morgan fingerprint density at radius 2 is 2.17 bits per heavy atom. The molecule has 18 heavy (non-hydrogen) atoms. The molecule has 0 aliphatic heterocycles. The second kappa shape index (κ2) is 5.42. The van der Waals surface area contributed by atoms with Crippen LogP contribution in [0, 0.1) is 5.82 Å². The zero-order chi connectivity index (χ0) is 13.0. The van der Waals surface area contributed by atoms with Gasteiger partial charge in [-0.05, 0) is 18.1 Å². The maximum Gasteiger partial charge on any atom is 0.260 e. The van der Waals surface area contributed by atoms with Crippen LogP contribution in [0.3, 0.4) is 0 Å². The maximum absolute atomic E-state index is 13.5. The number of nitrogen functional groups attached to an aromatic ring is 1. The zero-order valence-electron chi connectivity index (χ0n) is 9.85. The van der Waals surface area contributed by atoms with E-state index >= 15 is 0 Å². The number of nitrogens with two attached hydrogens (primary N) is 1. The lowest BCUT2D eigenvalue weighted by molar-refractivity contribution is 0.417. The predicted molar refractivity (Wildman–Crippen MR) is 65.7 cm³/mol. The Morgan fingerprint density at radius 1 is 1.39 bits per heavy atom. The first-order valence-corrected chi connectivity index (χ1v) is 5.49. The van der Waals surface area contributed by atoms with Crippen molar-refractivity contribution in [1.82, 2.24) is 9.97 Å². The van der Waals surface area contributed by atoms with Crippen molar-refractivity contribution in [3.8, 4) is 11.6 Å². The van der Waals surface area contributed by atoms with Crippen LogP contribution < -0.4 is 16.0 Å². The van der Waals surface area contributed by atoms with E-state index in [1.54, 1.807) is 6.07 Å². The summed E-state index contributed by atoms with van der Waals surface area (Å²) in [4.78, 5) is 7.46. The molecule has 6 heteroatoms. The molecule has 2 aromatic rings. The summed E-state index contributed by atoms with van der Waals surface area (Å²) in [5.74, 6) is 5.04. The minimum absolute atomic E-state index is 0.0976. The molecule has 2 rings (SSSR count). The molecular weight excluding hydrogens is 235 g/mol. The molecule has 0 bridgehead atoms. The predicted octanol–water partition coefficient (Wildman–Crippen LogP) is 2.26. The third-order valence-electron chi connectivity index (χ3n) is 2.40. The largest absolute Gasteiger partial charge is 0.436 e. The first kappa shape index (κ1) is 12.3. The van der Waals surface area contributed by atoms with Gasteiger partial charge in [0.1, 0.15) is 5.75 Å². The Bertz CT molecular complexity index is 547. The number of aromatic nitrogens is 2. The molecule has 3 N–H and O–H groups in total. The van der Waals surface area contributed by atoms with E-state index in [-0.39, 0.29) is 11.8 Å². The zero-order valence-corrected chi connectivity index (χ0v) is 9.85. The highest BCUT2D eigenvalue weighted by Crippen LogP contribution is 2.26. The van der Waals surface area contributed by atoms with Gasteiger partial charge in [-0.3, -0.25) is 5.43 Å². The molecule has 0 amide bonds. The van der Waals surface area contributed by atoms with Gasteiger partial charge in [-0.25, -0.2) is 10.8 Å². The van der Waals surface area contributed by atoms with Crippen LogP contribution in [0.4, 0.5) is 10.3 Å². The fourth-order valence-electron chi connectivity index (χ4n) is 1.49. The highest BCUT2D eigenvalue weighted by Gasteiger charge is 2.10. The van der Waals surface area contributed by atoms with Crippen LogP contribution >= 0.6 is 0 Å². The van der Waals surface area contributed by atoms with E-state index in [2.05, 4.69) is 15.4 Å². The average Bonchev–Trinajstić information content (AvgIpc) is 2.42. The van der Waals surface area contributed by atoms with Crippen LogP contribution in [0.15, 0.2) is 30.5 Å². The van der Waals surface area contributed by atoms with Crippen LogP contribution in [-0.2, 0) is 6.42 Å². The molecule has 94 valence electrons. The van der Waals surface area contributed by atoms with Crippen molar-refractivity contribution < 1.29 is 9.13 Å². The second-order valence-electron chi connectivity index (χ2n) is 3.55. The molecule has 0 saturated carbocycles. The Morgan fingerprint density at radius 3 is 2.89 bits per heavy atom.